The largest absolute Gasteiger partial charge is 0.416 e. The molecule has 0 bridgehead atoms. The summed E-state index contributed by atoms with van der Waals surface area (Å²) in [4.78, 5) is 0. The fourth-order valence-electron chi connectivity index (χ4n) is 2.59. The molecule has 2 rings (SSSR count). The van der Waals surface area contributed by atoms with Crippen LogP contribution in [0.1, 0.15) is 37.0 Å². The lowest BCUT2D eigenvalue weighted by Gasteiger charge is -2.23. The number of aliphatic hydroxyl groups excluding tert-OH is 1. The van der Waals surface area contributed by atoms with Crippen LogP contribution in [0.2, 0.25) is 0 Å². The SMILES string of the molecule is CCC1OCCC1C(O)c1cccc(C(F)(F)F)c1. The Morgan fingerprint density at radius 1 is 1.42 bits per heavy atom. The highest BCUT2D eigenvalue weighted by molar-refractivity contribution is 5.27. The van der Waals surface area contributed by atoms with Crippen molar-refractivity contribution in [3.8, 4) is 0 Å². The van der Waals surface area contributed by atoms with Gasteiger partial charge in [-0.3, -0.25) is 0 Å². The molecule has 1 fully saturated rings. The third kappa shape index (κ3) is 3.09. The maximum Gasteiger partial charge on any atom is 0.416 e. The number of hydrogen-bond donors (Lipinski definition) is 1. The van der Waals surface area contributed by atoms with Gasteiger partial charge in [0.15, 0.2) is 0 Å². The van der Waals surface area contributed by atoms with E-state index in [4.69, 9.17) is 4.74 Å². The van der Waals surface area contributed by atoms with Crippen molar-refractivity contribution >= 4 is 0 Å². The molecule has 19 heavy (non-hydrogen) atoms. The summed E-state index contributed by atoms with van der Waals surface area (Å²) in [6.45, 7) is 2.50. The molecular formula is C14H17F3O2. The molecule has 1 aliphatic rings. The van der Waals surface area contributed by atoms with Gasteiger partial charge in [0, 0.05) is 12.5 Å². The highest BCUT2D eigenvalue weighted by atomic mass is 19.4. The van der Waals surface area contributed by atoms with Gasteiger partial charge in [0.1, 0.15) is 0 Å². The summed E-state index contributed by atoms with van der Waals surface area (Å²) in [6, 6.07) is 4.90. The second-order valence-corrected chi connectivity index (χ2v) is 4.84. The number of halogens is 3. The fourth-order valence-corrected chi connectivity index (χ4v) is 2.59. The zero-order chi connectivity index (χ0) is 14.0. The van der Waals surface area contributed by atoms with Crippen LogP contribution in [0.15, 0.2) is 24.3 Å². The van der Waals surface area contributed by atoms with Crippen LogP contribution in [-0.4, -0.2) is 17.8 Å². The maximum absolute atomic E-state index is 12.6. The minimum absolute atomic E-state index is 0.0791. The monoisotopic (exact) mass is 274 g/mol. The Morgan fingerprint density at radius 2 is 2.16 bits per heavy atom. The molecule has 3 unspecified atom stereocenters. The number of hydrogen-bond acceptors (Lipinski definition) is 2. The van der Waals surface area contributed by atoms with Gasteiger partial charge in [0.2, 0.25) is 0 Å². The van der Waals surface area contributed by atoms with Gasteiger partial charge in [-0.05, 0) is 30.5 Å². The first kappa shape index (κ1) is 14.3. The Morgan fingerprint density at radius 3 is 2.79 bits per heavy atom. The van der Waals surface area contributed by atoms with Crippen molar-refractivity contribution in [1.82, 2.24) is 0 Å². The van der Waals surface area contributed by atoms with Gasteiger partial charge < -0.3 is 9.84 Å². The van der Waals surface area contributed by atoms with Crippen molar-refractivity contribution in [3.05, 3.63) is 35.4 Å². The molecule has 0 amide bonds. The van der Waals surface area contributed by atoms with Gasteiger partial charge in [-0.2, -0.15) is 13.2 Å². The summed E-state index contributed by atoms with van der Waals surface area (Å²) in [7, 11) is 0. The molecular weight excluding hydrogens is 257 g/mol. The van der Waals surface area contributed by atoms with Crippen molar-refractivity contribution in [2.24, 2.45) is 5.92 Å². The number of ether oxygens (including phenoxy) is 1. The maximum atomic E-state index is 12.6. The molecule has 1 N–H and O–H groups in total. The molecule has 1 aliphatic heterocycles. The van der Waals surface area contributed by atoms with Crippen molar-refractivity contribution in [2.75, 3.05) is 6.61 Å². The average Bonchev–Trinajstić information content (AvgIpc) is 2.85. The molecule has 0 spiro atoms. The summed E-state index contributed by atoms with van der Waals surface area (Å²) >= 11 is 0. The van der Waals surface area contributed by atoms with Crippen LogP contribution in [0.4, 0.5) is 13.2 Å². The fraction of sp³-hybridized carbons (Fsp3) is 0.571. The number of alkyl halides is 3. The Balaban J connectivity index is 2.22. The highest BCUT2D eigenvalue weighted by Gasteiger charge is 2.35. The van der Waals surface area contributed by atoms with E-state index in [1.165, 1.54) is 12.1 Å². The second-order valence-electron chi connectivity index (χ2n) is 4.84. The zero-order valence-corrected chi connectivity index (χ0v) is 10.7. The standard InChI is InChI=1S/C14H17F3O2/c1-2-12-11(6-7-19-12)13(18)9-4-3-5-10(8-9)14(15,16)17/h3-5,8,11-13,18H,2,6-7H2,1H3. The molecule has 3 atom stereocenters. The van der Waals surface area contributed by atoms with Crippen LogP contribution < -0.4 is 0 Å². The van der Waals surface area contributed by atoms with Crippen molar-refractivity contribution in [2.45, 2.75) is 38.1 Å². The van der Waals surface area contributed by atoms with E-state index in [0.717, 1.165) is 18.6 Å². The molecule has 0 saturated carbocycles. The first-order valence-electron chi connectivity index (χ1n) is 6.40. The molecule has 1 aromatic carbocycles. The predicted octanol–water partition coefficient (Wildman–Crippen LogP) is 3.55. The molecule has 0 aromatic heterocycles. The lowest BCUT2D eigenvalue weighted by molar-refractivity contribution is -0.137. The highest BCUT2D eigenvalue weighted by Crippen LogP contribution is 2.37. The minimum atomic E-state index is -4.38. The molecule has 1 aromatic rings. The van der Waals surface area contributed by atoms with E-state index in [-0.39, 0.29) is 12.0 Å². The lowest BCUT2D eigenvalue weighted by Crippen LogP contribution is -2.22. The summed E-state index contributed by atoms with van der Waals surface area (Å²) in [5.74, 6) is -0.131. The lowest BCUT2D eigenvalue weighted by atomic mass is 9.88. The molecule has 1 heterocycles. The summed E-state index contributed by atoms with van der Waals surface area (Å²) in [5.41, 5.74) is -0.417. The topological polar surface area (TPSA) is 29.5 Å². The molecule has 1 saturated heterocycles. The first-order valence-corrected chi connectivity index (χ1v) is 6.40. The van der Waals surface area contributed by atoms with Crippen LogP contribution >= 0.6 is 0 Å². The second kappa shape index (κ2) is 5.51. The number of benzene rings is 1. The van der Waals surface area contributed by atoms with Crippen LogP contribution in [0.3, 0.4) is 0 Å². The van der Waals surface area contributed by atoms with Crippen LogP contribution in [-0.2, 0) is 10.9 Å². The van der Waals surface area contributed by atoms with E-state index in [9.17, 15) is 18.3 Å². The van der Waals surface area contributed by atoms with Crippen LogP contribution in [0.5, 0.6) is 0 Å². The zero-order valence-electron chi connectivity index (χ0n) is 10.7. The number of aliphatic hydroxyl groups is 1. The van der Waals surface area contributed by atoms with E-state index in [1.807, 2.05) is 6.92 Å². The van der Waals surface area contributed by atoms with E-state index < -0.39 is 17.8 Å². The summed E-state index contributed by atoms with van der Waals surface area (Å²) < 4.78 is 43.4. The van der Waals surface area contributed by atoms with Crippen LogP contribution in [0.25, 0.3) is 0 Å². The van der Waals surface area contributed by atoms with E-state index in [1.54, 1.807) is 0 Å². The summed E-state index contributed by atoms with van der Waals surface area (Å²) in [5, 5.41) is 10.3. The van der Waals surface area contributed by atoms with Gasteiger partial charge in [-0.15, -0.1) is 0 Å². The molecule has 5 heteroatoms. The van der Waals surface area contributed by atoms with E-state index in [0.29, 0.717) is 18.6 Å². The smallest absolute Gasteiger partial charge is 0.388 e. The molecule has 0 radical (unpaired) electrons. The third-order valence-electron chi connectivity index (χ3n) is 3.62. The van der Waals surface area contributed by atoms with Gasteiger partial charge in [0.25, 0.3) is 0 Å². The first-order chi connectivity index (χ1) is 8.93. The van der Waals surface area contributed by atoms with E-state index >= 15 is 0 Å². The van der Waals surface area contributed by atoms with Crippen molar-refractivity contribution in [1.29, 1.82) is 0 Å². The van der Waals surface area contributed by atoms with Crippen molar-refractivity contribution in [3.63, 3.8) is 0 Å². The number of rotatable bonds is 3. The van der Waals surface area contributed by atoms with Gasteiger partial charge in [-0.25, -0.2) is 0 Å². The normalized spacial score (nSPS) is 25.5. The van der Waals surface area contributed by atoms with E-state index in [2.05, 4.69) is 0 Å². The summed E-state index contributed by atoms with van der Waals surface area (Å²) in [6.07, 6.45) is -3.94. The molecule has 0 aliphatic carbocycles. The van der Waals surface area contributed by atoms with Crippen LogP contribution in [0, 0.1) is 5.92 Å². The molecule has 106 valence electrons. The molecule has 2 nitrogen and oxygen atoms in total. The van der Waals surface area contributed by atoms with Gasteiger partial charge in [-0.1, -0.05) is 19.1 Å². The predicted molar refractivity (Wildman–Crippen MR) is 64.5 cm³/mol. The van der Waals surface area contributed by atoms with Crippen molar-refractivity contribution < 1.29 is 23.0 Å². The van der Waals surface area contributed by atoms with Gasteiger partial charge in [0.05, 0.1) is 17.8 Å². The van der Waals surface area contributed by atoms with Gasteiger partial charge >= 0.3 is 6.18 Å². The third-order valence-corrected chi connectivity index (χ3v) is 3.62. The average molecular weight is 274 g/mol. The Hall–Kier alpha value is -1.07. The quantitative estimate of drug-likeness (QED) is 0.913. The Labute approximate surface area is 110 Å². The minimum Gasteiger partial charge on any atom is -0.388 e. The Kier molecular flexibility index (Phi) is 4.16. The Bertz CT molecular complexity index is 431.